The maximum atomic E-state index is 6.67. The largest absolute Gasteiger partial charge is 0.449 e. The lowest BCUT2D eigenvalue weighted by molar-refractivity contribution is 0.573. The molecule has 112 valence electrons. The van der Waals surface area contributed by atoms with Crippen molar-refractivity contribution >= 4 is 38.4 Å². The number of hydrogen-bond acceptors (Lipinski definition) is 3. The summed E-state index contributed by atoms with van der Waals surface area (Å²) in [4.78, 5) is 0. The summed E-state index contributed by atoms with van der Waals surface area (Å²) in [5.74, 6) is 0. The molecule has 0 saturated heterocycles. The van der Waals surface area contributed by atoms with Crippen molar-refractivity contribution in [1.82, 2.24) is 0 Å². The van der Waals surface area contributed by atoms with E-state index in [9.17, 15) is 0 Å². The van der Waals surface area contributed by atoms with Crippen LogP contribution in [0.25, 0.3) is 0 Å². The quantitative estimate of drug-likeness (QED) is 0.672. The van der Waals surface area contributed by atoms with Gasteiger partial charge in [-0.2, -0.15) is 0 Å². The van der Waals surface area contributed by atoms with Crippen LogP contribution < -0.4 is 21.8 Å². The molecule has 0 amide bonds. The molecule has 0 unspecified atom stereocenters. The van der Waals surface area contributed by atoms with Gasteiger partial charge in [0.25, 0.3) is 0 Å². The number of hydrogen-bond donors (Lipinski definition) is 2. The standard InChI is InChI=1S/C16H24N2OSi2/c1-20(2,3)19-21(4,15-9-5-13(17)6-10-15)16-11-7-14(18)8-12-16/h5-12H,17-18H2,1-4H3. The van der Waals surface area contributed by atoms with Crippen molar-refractivity contribution in [3.8, 4) is 0 Å². The fourth-order valence-electron chi connectivity index (χ4n) is 2.50. The second-order valence-electron chi connectivity index (χ2n) is 6.49. The minimum absolute atomic E-state index is 0.778. The van der Waals surface area contributed by atoms with Gasteiger partial charge >= 0.3 is 0 Å². The Labute approximate surface area is 129 Å². The summed E-state index contributed by atoms with van der Waals surface area (Å²) in [5.41, 5.74) is 13.2. The van der Waals surface area contributed by atoms with Gasteiger partial charge in [0.15, 0.2) is 8.32 Å². The lowest BCUT2D eigenvalue weighted by atomic mass is 10.3. The highest BCUT2D eigenvalue weighted by Gasteiger charge is 2.38. The summed E-state index contributed by atoms with van der Waals surface area (Å²) in [6.45, 7) is 8.94. The second-order valence-corrected chi connectivity index (χ2v) is 14.8. The van der Waals surface area contributed by atoms with Gasteiger partial charge in [0.2, 0.25) is 8.32 Å². The van der Waals surface area contributed by atoms with Crippen LogP contribution in [0, 0.1) is 0 Å². The Balaban J connectivity index is 2.53. The second kappa shape index (κ2) is 5.67. The normalized spacial score (nSPS) is 12.4. The maximum absolute atomic E-state index is 6.67. The van der Waals surface area contributed by atoms with E-state index in [1.807, 2.05) is 24.3 Å². The minimum Gasteiger partial charge on any atom is -0.449 e. The summed E-state index contributed by atoms with van der Waals surface area (Å²) < 4.78 is 6.67. The molecule has 21 heavy (non-hydrogen) atoms. The lowest BCUT2D eigenvalue weighted by Gasteiger charge is -2.35. The van der Waals surface area contributed by atoms with Gasteiger partial charge in [0.1, 0.15) is 0 Å². The van der Waals surface area contributed by atoms with E-state index in [0.29, 0.717) is 0 Å². The Bertz CT molecular complexity index is 558. The highest BCUT2D eigenvalue weighted by Crippen LogP contribution is 2.16. The molecule has 4 N–H and O–H groups in total. The molecule has 0 atom stereocenters. The molecule has 0 fully saturated rings. The van der Waals surface area contributed by atoms with Gasteiger partial charge < -0.3 is 15.6 Å². The van der Waals surface area contributed by atoms with Crippen LogP contribution in [0.2, 0.25) is 26.2 Å². The van der Waals surface area contributed by atoms with E-state index in [0.717, 1.165) is 11.4 Å². The summed E-state index contributed by atoms with van der Waals surface area (Å²) in [6.07, 6.45) is 0. The first-order valence-corrected chi connectivity index (χ1v) is 12.9. The molecule has 0 bridgehead atoms. The Kier molecular flexibility index (Phi) is 4.27. The molecule has 0 aliphatic rings. The van der Waals surface area contributed by atoms with Gasteiger partial charge in [-0.1, -0.05) is 24.3 Å². The van der Waals surface area contributed by atoms with Crippen LogP contribution in [-0.4, -0.2) is 16.6 Å². The van der Waals surface area contributed by atoms with E-state index in [-0.39, 0.29) is 0 Å². The SMILES string of the molecule is C[Si](C)(C)O[Si](C)(c1ccc(N)cc1)c1ccc(N)cc1. The van der Waals surface area contributed by atoms with Crippen molar-refractivity contribution in [1.29, 1.82) is 0 Å². The lowest BCUT2D eigenvalue weighted by Crippen LogP contribution is -2.62. The van der Waals surface area contributed by atoms with Gasteiger partial charge in [-0.05, 0) is 60.8 Å². The van der Waals surface area contributed by atoms with Crippen molar-refractivity contribution in [3.63, 3.8) is 0 Å². The molecular weight excluding hydrogens is 292 g/mol. The van der Waals surface area contributed by atoms with Crippen LogP contribution in [0.4, 0.5) is 11.4 Å². The first-order chi connectivity index (χ1) is 9.71. The van der Waals surface area contributed by atoms with Crippen LogP contribution in [0.3, 0.4) is 0 Å². The average Bonchev–Trinajstić information content (AvgIpc) is 2.38. The Hall–Kier alpha value is -1.57. The fourth-order valence-corrected chi connectivity index (χ4v) is 10.3. The van der Waals surface area contributed by atoms with Crippen LogP contribution in [0.15, 0.2) is 48.5 Å². The van der Waals surface area contributed by atoms with E-state index in [1.165, 1.54) is 10.4 Å². The monoisotopic (exact) mass is 316 g/mol. The first kappa shape index (κ1) is 15.8. The average molecular weight is 317 g/mol. The topological polar surface area (TPSA) is 61.3 Å². The van der Waals surface area contributed by atoms with Crippen molar-refractivity contribution in [3.05, 3.63) is 48.5 Å². The van der Waals surface area contributed by atoms with Crippen LogP contribution in [-0.2, 0) is 4.12 Å². The molecule has 5 heteroatoms. The van der Waals surface area contributed by atoms with Crippen molar-refractivity contribution < 1.29 is 4.12 Å². The Morgan fingerprint density at radius 1 is 0.667 bits per heavy atom. The van der Waals surface area contributed by atoms with E-state index in [4.69, 9.17) is 15.6 Å². The summed E-state index contributed by atoms with van der Waals surface area (Å²) in [6, 6.07) is 16.2. The molecule has 2 aromatic carbocycles. The molecule has 3 nitrogen and oxygen atoms in total. The van der Waals surface area contributed by atoms with Crippen LogP contribution >= 0.6 is 0 Å². The van der Waals surface area contributed by atoms with Crippen molar-refractivity contribution in [2.24, 2.45) is 0 Å². The summed E-state index contributed by atoms with van der Waals surface area (Å²) in [7, 11) is -3.92. The molecule has 0 aromatic heterocycles. The van der Waals surface area contributed by atoms with Crippen LogP contribution in [0.1, 0.15) is 0 Å². The minimum atomic E-state index is -2.23. The Morgan fingerprint density at radius 3 is 1.29 bits per heavy atom. The number of nitrogen functional groups attached to an aromatic ring is 2. The van der Waals surface area contributed by atoms with Gasteiger partial charge in [-0.3, -0.25) is 0 Å². The number of anilines is 2. The zero-order chi connectivity index (χ0) is 15.7. The van der Waals surface area contributed by atoms with Gasteiger partial charge in [-0.15, -0.1) is 0 Å². The third-order valence-electron chi connectivity index (χ3n) is 3.43. The number of benzene rings is 2. The highest BCUT2D eigenvalue weighted by atomic mass is 28.4. The predicted molar refractivity (Wildman–Crippen MR) is 97.0 cm³/mol. The molecule has 0 saturated carbocycles. The highest BCUT2D eigenvalue weighted by molar-refractivity contribution is 7.01. The zero-order valence-electron chi connectivity index (χ0n) is 13.2. The van der Waals surface area contributed by atoms with E-state index in [1.54, 1.807) is 0 Å². The summed E-state index contributed by atoms with van der Waals surface area (Å²) >= 11 is 0. The van der Waals surface area contributed by atoms with E-state index in [2.05, 4.69) is 50.5 Å². The number of nitrogens with two attached hydrogens (primary N) is 2. The van der Waals surface area contributed by atoms with E-state index >= 15 is 0 Å². The zero-order valence-corrected chi connectivity index (χ0v) is 15.2. The summed E-state index contributed by atoms with van der Waals surface area (Å²) in [5, 5.41) is 2.48. The van der Waals surface area contributed by atoms with Gasteiger partial charge in [-0.25, -0.2) is 0 Å². The maximum Gasteiger partial charge on any atom is 0.241 e. The Morgan fingerprint density at radius 2 is 1.00 bits per heavy atom. The molecule has 0 aliphatic carbocycles. The smallest absolute Gasteiger partial charge is 0.241 e. The molecule has 0 radical (unpaired) electrons. The van der Waals surface area contributed by atoms with Crippen LogP contribution in [0.5, 0.6) is 0 Å². The third-order valence-corrected chi connectivity index (χ3v) is 10.4. The van der Waals surface area contributed by atoms with Gasteiger partial charge in [0, 0.05) is 11.4 Å². The van der Waals surface area contributed by atoms with Crippen molar-refractivity contribution in [2.45, 2.75) is 26.2 Å². The molecule has 0 heterocycles. The molecule has 0 spiro atoms. The molecule has 2 aromatic rings. The molecule has 0 aliphatic heterocycles. The first-order valence-electron chi connectivity index (χ1n) is 7.13. The van der Waals surface area contributed by atoms with E-state index < -0.39 is 16.6 Å². The third kappa shape index (κ3) is 3.75. The number of rotatable bonds is 4. The molecule has 2 rings (SSSR count). The predicted octanol–water partition coefficient (Wildman–Crippen LogP) is 2.39. The fraction of sp³-hybridized carbons (Fsp3) is 0.250. The van der Waals surface area contributed by atoms with Crippen molar-refractivity contribution in [2.75, 3.05) is 11.5 Å². The van der Waals surface area contributed by atoms with Gasteiger partial charge in [0.05, 0.1) is 0 Å². The molecular formula is C16H24N2OSi2.